The molecule has 8 heteroatoms. The Morgan fingerprint density at radius 2 is 1.75 bits per heavy atom. The summed E-state index contributed by atoms with van der Waals surface area (Å²) in [6, 6.07) is 6.17. The quantitative estimate of drug-likeness (QED) is 0.808. The van der Waals surface area contributed by atoms with Crippen molar-refractivity contribution in [1.29, 1.82) is 0 Å². The maximum Gasteiger partial charge on any atom is 0.339 e. The number of nitrogens with zero attached hydrogens (tertiary/aromatic N) is 1. The predicted octanol–water partition coefficient (Wildman–Crippen LogP) is 2.18. The van der Waals surface area contributed by atoms with Gasteiger partial charge in [-0.25, -0.2) is 4.79 Å². The lowest BCUT2D eigenvalue weighted by molar-refractivity contribution is -0.123. The Balaban J connectivity index is 2.04. The van der Waals surface area contributed by atoms with Gasteiger partial charge in [0.15, 0.2) is 11.9 Å². The van der Waals surface area contributed by atoms with Gasteiger partial charge in [0.25, 0.3) is 5.91 Å². The summed E-state index contributed by atoms with van der Waals surface area (Å²) in [6.45, 7) is 3.15. The van der Waals surface area contributed by atoms with E-state index in [0.717, 1.165) is 0 Å². The van der Waals surface area contributed by atoms with Crippen LogP contribution in [0.15, 0.2) is 28.8 Å². The van der Waals surface area contributed by atoms with Crippen LogP contribution in [-0.4, -0.2) is 37.4 Å². The number of hydrogen-bond acceptors (Lipinski definition) is 7. The van der Waals surface area contributed by atoms with Gasteiger partial charge in [-0.1, -0.05) is 5.16 Å². The van der Waals surface area contributed by atoms with Crippen molar-refractivity contribution in [1.82, 2.24) is 5.16 Å². The number of rotatable bonds is 6. The van der Waals surface area contributed by atoms with E-state index in [0.29, 0.717) is 17.3 Å². The molecule has 2 rings (SSSR count). The van der Waals surface area contributed by atoms with Gasteiger partial charge >= 0.3 is 5.97 Å². The number of carbonyl (C=O) groups excluding carboxylic acids is 2. The highest BCUT2D eigenvalue weighted by atomic mass is 16.5. The number of methoxy groups -OCH3 is 2. The normalized spacial score (nSPS) is 11.5. The first-order valence-corrected chi connectivity index (χ1v) is 7.11. The third kappa shape index (κ3) is 4.25. The van der Waals surface area contributed by atoms with Crippen molar-refractivity contribution < 1.29 is 28.3 Å². The molecule has 0 saturated heterocycles. The zero-order valence-corrected chi connectivity index (χ0v) is 13.8. The van der Waals surface area contributed by atoms with Crippen LogP contribution in [-0.2, 0) is 9.53 Å². The highest BCUT2D eigenvalue weighted by molar-refractivity contribution is 5.97. The molecule has 1 amide bonds. The van der Waals surface area contributed by atoms with Gasteiger partial charge in [-0.05, 0) is 26.0 Å². The van der Waals surface area contributed by atoms with Crippen LogP contribution >= 0.6 is 0 Å². The lowest BCUT2D eigenvalue weighted by Crippen LogP contribution is -2.30. The predicted molar refractivity (Wildman–Crippen MR) is 84.3 cm³/mol. The van der Waals surface area contributed by atoms with E-state index in [4.69, 9.17) is 18.7 Å². The largest absolute Gasteiger partial charge is 0.497 e. The topological polar surface area (TPSA) is 99.9 Å². The van der Waals surface area contributed by atoms with Crippen molar-refractivity contribution in [2.45, 2.75) is 20.0 Å². The van der Waals surface area contributed by atoms with Crippen LogP contribution < -0.4 is 14.8 Å². The monoisotopic (exact) mass is 334 g/mol. The van der Waals surface area contributed by atoms with E-state index in [2.05, 4.69) is 10.5 Å². The summed E-state index contributed by atoms with van der Waals surface area (Å²) in [4.78, 5) is 24.2. The molecule has 1 N–H and O–H groups in total. The molecule has 8 nitrogen and oxygen atoms in total. The lowest BCUT2D eigenvalue weighted by Gasteiger charge is -2.13. The highest BCUT2D eigenvalue weighted by Crippen LogP contribution is 2.23. The van der Waals surface area contributed by atoms with Crippen LogP contribution in [0.1, 0.15) is 23.0 Å². The van der Waals surface area contributed by atoms with Crippen LogP contribution in [0.4, 0.5) is 5.82 Å². The van der Waals surface area contributed by atoms with Crippen LogP contribution in [0.25, 0.3) is 0 Å². The molecule has 0 saturated carbocycles. The number of aryl methyl sites for hydroxylation is 1. The summed E-state index contributed by atoms with van der Waals surface area (Å²) >= 11 is 0. The Morgan fingerprint density at radius 3 is 2.25 bits per heavy atom. The number of hydrogen-bond donors (Lipinski definition) is 1. The van der Waals surface area contributed by atoms with Gasteiger partial charge in [0.1, 0.15) is 17.3 Å². The van der Waals surface area contributed by atoms with E-state index in [1.165, 1.54) is 33.3 Å². The van der Waals surface area contributed by atoms with Crippen molar-refractivity contribution in [3.63, 3.8) is 0 Å². The second kappa shape index (κ2) is 7.49. The maximum absolute atomic E-state index is 12.2. The number of nitrogens with one attached hydrogen (secondary N) is 1. The number of anilines is 1. The van der Waals surface area contributed by atoms with Crippen molar-refractivity contribution in [2.75, 3.05) is 19.5 Å². The van der Waals surface area contributed by atoms with Gasteiger partial charge in [0, 0.05) is 12.1 Å². The molecule has 0 radical (unpaired) electrons. The van der Waals surface area contributed by atoms with E-state index in [1.54, 1.807) is 19.1 Å². The van der Waals surface area contributed by atoms with Crippen LogP contribution in [0.3, 0.4) is 0 Å². The number of aromatic nitrogens is 1. The number of ether oxygens (including phenoxy) is 3. The molecule has 0 fully saturated rings. The average Bonchev–Trinajstić information content (AvgIpc) is 2.98. The number of esters is 1. The zero-order chi connectivity index (χ0) is 17.7. The van der Waals surface area contributed by atoms with Crippen LogP contribution in [0, 0.1) is 6.92 Å². The molecule has 1 atom stereocenters. The molecule has 0 aliphatic rings. The van der Waals surface area contributed by atoms with E-state index in [-0.39, 0.29) is 11.4 Å². The molecular weight excluding hydrogens is 316 g/mol. The molecule has 0 spiro atoms. The summed E-state index contributed by atoms with van der Waals surface area (Å²) in [5, 5.41) is 6.13. The van der Waals surface area contributed by atoms with E-state index >= 15 is 0 Å². The van der Waals surface area contributed by atoms with E-state index < -0.39 is 18.0 Å². The van der Waals surface area contributed by atoms with E-state index in [1.807, 2.05) is 0 Å². The first kappa shape index (κ1) is 17.3. The number of carbonyl (C=O) groups is 2. The molecule has 0 aliphatic carbocycles. The Labute approximate surface area is 138 Å². The van der Waals surface area contributed by atoms with Gasteiger partial charge in [0.2, 0.25) is 0 Å². The van der Waals surface area contributed by atoms with E-state index in [9.17, 15) is 9.59 Å². The van der Waals surface area contributed by atoms with Gasteiger partial charge in [-0.2, -0.15) is 0 Å². The maximum atomic E-state index is 12.2. The van der Waals surface area contributed by atoms with Crippen molar-refractivity contribution in [2.24, 2.45) is 0 Å². The Morgan fingerprint density at radius 1 is 1.12 bits per heavy atom. The molecule has 1 heterocycles. The van der Waals surface area contributed by atoms with Gasteiger partial charge in [-0.15, -0.1) is 0 Å². The van der Waals surface area contributed by atoms with Crippen LogP contribution in [0.5, 0.6) is 11.5 Å². The minimum atomic E-state index is -1.02. The summed E-state index contributed by atoms with van der Waals surface area (Å²) < 4.78 is 20.2. The van der Waals surface area contributed by atoms with Gasteiger partial charge < -0.3 is 24.1 Å². The molecule has 1 aromatic heterocycles. The molecule has 0 bridgehead atoms. The molecule has 0 aliphatic heterocycles. The SMILES string of the molecule is COc1cc(OC)cc(C(=O)O[C@@H](C)C(=O)Nc2cc(C)on2)c1. The fourth-order valence-electron chi connectivity index (χ4n) is 1.86. The van der Waals surface area contributed by atoms with Crippen molar-refractivity contribution >= 4 is 17.7 Å². The molecule has 0 unspecified atom stereocenters. The molecule has 1 aromatic carbocycles. The second-order valence-electron chi connectivity index (χ2n) is 4.96. The molecule has 2 aromatic rings. The third-order valence-corrected chi connectivity index (χ3v) is 3.12. The lowest BCUT2D eigenvalue weighted by atomic mass is 10.2. The Bertz CT molecular complexity index is 718. The Kier molecular flexibility index (Phi) is 5.41. The first-order chi connectivity index (χ1) is 11.4. The summed E-state index contributed by atoms with van der Waals surface area (Å²) in [5.41, 5.74) is 0.211. The zero-order valence-electron chi connectivity index (χ0n) is 13.8. The van der Waals surface area contributed by atoms with Crippen molar-refractivity contribution in [3.05, 3.63) is 35.6 Å². The smallest absolute Gasteiger partial charge is 0.339 e. The summed E-state index contributed by atoms with van der Waals surface area (Å²) in [7, 11) is 2.94. The minimum Gasteiger partial charge on any atom is -0.497 e. The number of benzene rings is 1. The molecule has 24 heavy (non-hydrogen) atoms. The van der Waals surface area contributed by atoms with Crippen molar-refractivity contribution in [3.8, 4) is 11.5 Å². The molecule has 128 valence electrons. The fraction of sp³-hybridized carbons (Fsp3) is 0.312. The summed E-state index contributed by atoms with van der Waals surface area (Å²) in [5.74, 6) is 0.493. The van der Waals surface area contributed by atoms with Crippen LogP contribution in [0.2, 0.25) is 0 Å². The first-order valence-electron chi connectivity index (χ1n) is 7.11. The minimum absolute atomic E-state index is 0.211. The van der Waals surface area contributed by atoms with Gasteiger partial charge in [0.05, 0.1) is 19.8 Å². The summed E-state index contributed by atoms with van der Waals surface area (Å²) in [6.07, 6.45) is -1.02. The average molecular weight is 334 g/mol. The molecular formula is C16H18N2O6. The highest BCUT2D eigenvalue weighted by Gasteiger charge is 2.21. The third-order valence-electron chi connectivity index (χ3n) is 3.12. The number of amides is 1. The fourth-order valence-corrected chi connectivity index (χ4v) is 1.86. The Hall–Kier alpha value is -3.03. The second-order valence-corrected chi connectivity index (χ2v) is 4.96. The van der Waals surface area contributed by atoms with Gasteiger partial charge in [-0.3, -0.25) is 4.79 Å². The standard InChI is InChI=1S/C16H18N2O6/c1-9-5-14(18-24-9)17-15(19)10(2)23-16(20)11-6-12(21-3)8-13(7-11)22-4/h5-8,10H,1-4H3,(H,17,18,19)/t10-/m0/s1.